The summed E-state index contributed by atoms with van der Waals surface area (Å²) in [5, 5.41) is 2.97. The Morgan fingerprint density at radius 1 is 0.806 bits per heavy atom. The summed E-state index contributed by atoms with van der Waals surface area (Å²) in [7, 11) is 1.84. The third-order valence-electron chi connectivity index (χ3n) is 7.35. The predicted molar refractivity (Wildman–Crippen MR) is 116 cm³/mol. The Balaban J connectivity index is 1.74. The number of benzene rings is 3. The van der Waals surface area contributed by atoms with Gasteiger partial charge in [0.1, 0.15) is 11.0 Å². The molecule has 0 bridgehead atoms. The summed E-state index contributed by atoms with van der Waals surface area (Å²) < 4.78 is 0. The molecular formula is C26H20N2O3. The molecule has 1 fully saturated rings. The van der Waals surface area contributed by atoms with Crippen molar-refractivity contribution < 1.29 is 14.4 Å². The molecule has 3 aromatic rings. The highest BCUT2D eigenvalue weighted by Crippen LogP contribution is 2.66. The second-order valence-electron chi connectivity index (χ2n) is 8.57. The Bertz CT molecular complexity index is 1250. The number of ketones is 2. The first-order valence-electron chi connectivity index (χ1n) is 10.4. The maximum absolute atomic E-state index is 14.2. The van der Waals surface area contributed by atoms with Crippen LogP contribution < -0.4 is 5.32 Å². The number of likely N-dealkylation sites (tertiary alicyclic amines) is 1. The van der Waals surface area contributed by atoms with Crippen molar-refractivity contribution in [2.75, 3.05) is 18.9 Å². The third-order valence-corrected chi connectivity index (χ3v) is 7.35. The molecule has 1 N–H and O–H groups in total. The number of hydrogen-bond acceptors (Lipinski definition) is 4. The van der Waals surface area contributed by atoms with Gasteiger partial charge in [-0.05, 0) is 18.7 Å². The van der Waals surface area contributed by atoms with Crippen LogP contribution in [0.1, 0.15) is 37.8 Å². The number of hydrogen-bond donors (Lipinski definition) is 1. The maximum Gasteiger partial charge on any atom is 0.251 e. The Labute approximate surface area is 179 Å². The lowest BCUT2D eigenvalue weighted by molar-refractivity contribution is -0.128. The summed E-state index contributed by atoms with van der Waals surface area (Å²) in [6.07, 6.45) is 0. The lowest BCUT2D eigenvalue weighted by atomic mass is 9.58. The van der Waals surface area contributed by atoms with Gasteiger partial charge in [0.25, 0.3) is 5.91 Å². The van der Waals surface area contributed by atoms with E-state index < -0.39 is 16.9 Å². The molecule has 1 amide bonds. The molecule has 2 aliphatic heterocycles. The fraction of sp³-hybridized carbons (Fsp3) is 0.192. The molecule has 6 rings (SSSR count). The van der Waals surface area contributed by atoms with Crippen LogP contribution in [0.2, 0.25) is 0 Å². The van der Waals surface area contributed by atoms with Gasteiger partial charge in [0.15, 0.2) is 11.6 Å². The van der Waals surface area contributed by atoms with Gasteiger partial charge >= 0.3 is 0 Å². The summed E-state index contributed by atoms with van der Waals surface area (Å²) in [4.78, 5) is 44.2. The standard InChI is InChI=1S/C26H20N2O3/c1-28-15-20(16-9-3-2-4-10-16)25(22(29)17-11-5-6-12-18(17)23(25)30)26(28)19-13-7-8-14-21(19)27-24(26)31/h2-14,20H,15H2,1H3,(H,27,31)/t20-,26-/m1/s1. The van der Waals surface area contributed by atoms with Gasteiger partial charge < -0.3 is 5.32 Å². The molecule has 5 heteroatoms. The van der Waals surface area contributed by atoms with Gasteiger partial charge in [-0.1, -0.05) is 72.8 Å². The van der Waals surface area contributed by atoms with Crippen molar-refractivity contribution in [1.29, 1.82) is 0 Å². The van der Waals surface area contributed by atoms with Gasteiger partial charge in [-0.2, -0.15) is 0 Å². The SMILES string of the molecule is CN1C[C@H](c2ccccc2)C2(C(=O)c3ccccc3C2=O)[C@@]12C(=O)Nc1ccccc12. The molecule has 2 atom stereocenters. The molecular weight excluding hydrogens is 388 g/mol. The van der Waals surface area contributed by atoms with Crippen molar-refractivity contribution in [2.24, 2.45) is 5.41 Å². The third kappa shape index (κ3) is 1.89. The minimum absolute atomic E-state index is 0.266. The van der Waals surface area contributed by atoms with Gasteiger partial charge in [-0.25, -0.2) is 0 Å². The first kappa shape index (κ1) is 18.2. The van der Waals surface area contributed by atoms with Crippen molar-refractivity contribution in [3.8, 4) is 0 Å². The molecule has 3 aliphatic rings. The number of para-hydroxylation sites is 1. The van der Waals surface area contributed by atoms with Crippen molar-refractivity contribution in [3.63, 3.8) is 0 Å². The number of likely N-dealkylation sites (N-methyl/N-ethyl adjacent to an activating group) is 1. The van der Waals surface area contributed by atoms with Gasteiger partial charge in [0.05, 0.1) is 0 Å². The number of carbonyl (C=O) groups is 3. The molecule has 31 heavy (non-hydrogen) atoms. The minimum Gasteiger partial charge on any atom is -0.324 e. The van der Waals surface area contributed by atoms with Crippen LogP contribution in [0.4, 0.5) is 5.69 Å². The van der Waals surface area contributed by atoms with Crippen LogP contribution in [-0.2, 0) is 10.3 Å². The number of nitrogens with zero attached hydrogens (tertiary/aromatic N) is 1. The lowest BCUT2D eigenvalue weighted by Gasteiger charge is -2.42. The molecule has 1 aliphatic carbocycles. The van der Waals surface area contributed by atoms with Crippen molar-refractivity contribution in [2.45, 2.75) is 11.5 Å². The first-order valence-corrected chi connectivity index (χ1v) is 10.4. The van der Waals surface area contributed by atoms with Crippen LogP contribution in [0.15, 0.2) is 78.9 Å². The topological polar surface area (TPSA) is 66.5 Å². The smallest absolute Gasteiger partial charge is 0.251 e. The normalized spacial score (nSPS) is 25.8. The molecule has 0 unspecified atom stereocenters. The van der Waals surface area contributed by atoms with E-state index in [2.05, 4.69) is 5.32 Å². The van der Waals surface area contributed by atoms with E-state index in [0.717, 1.165) is 5.56 Å². The molecule has 0 saturated carbocycles. The van der Waals surface area contributed by atoms with E-state index in [9.17, 15) is 14.4 Å². The highest BCUT2D eigenvalue weighted by Gasteiger charge is 2.78. The fourth-order valence-electron chi connectivity index (χ4n) is 6.21. The molecule has 1 saturated heterocycles. The summed E-state index contributed by atoms with van der Waals surface area (Å²) >= 11 is 0. The van der Waals surface area contributed by atoms with Crippen molar-refractivity contribution >= 4 is 23.2 Å². The molecule has 3 aromatic carbocycles. The van der Waals surface area contributed by atoms with Gasteiger partial charge in [0.2, 0.25) is 0 Å². The first-order chi connectivity index (χ1) is 15.0. The summed E-state index contributed by atoms with van der Waals surface area (Å²) in [5.41, 5.74) is 0.0683. The average Bonchev–Trinajstić information content (AvgIpc) is 3.34. The zero-order chi connectivity index (χ0) is 21.4. The van der Waals surface area contributed by atoms with Crippen LogP contribution >= 0.6 is 0 Å². The Morgan fingerprint density at radius 2 is 1.39 bits per heavy atom. The number of fused-ring (bicyclic) bond motifs is 4. The second kappa shape index (κ2) is 5.99. The minimum atomic E-state index is -1.57. The monoisotopic (exact) mass is 408 g/mol. The zero-order valence-corrected chi connectivity index (χ0v) is 17.0. The molecule has 2 heterocycles. The number of amides is 1. The van der Waals surface area contributed by atoms with Crippen molar-refractivity contribution in [1.82, 2.24) is 4.90 Å². The Morgan fingerprint density at radius 3 is 2.06 bits per heavy atom. The number of anilines is 1. The highest BCUT2D eigenvalue weighted by atomic mass is 16.2. The van der Waals surface area contributed by atoms with Crippen LogP contribution in [0, 0.1) is 5.41 Å². The van der Waals surface area contributed by atoms with E-state index in [4.69, 9.17) is 0 Å². The van der Waals surface area contributed by atoms with Gasteiger partial charge in [-0.3, -0.25) is 19.3 Å². The summed E-state index contributed by atoms with van der Waals surface area (Å²) in [6, 6.07) is 24.0. The molecule has 152 valence electrons. The second-order valence-corrected chi connectivity index (χ2v) is 8.57. The summed E-state index contributed by atoms with van der Waals surface area (Å²) in [5.74, 6) is -1.30. The average molecular weight is 408 g/mol. The number of nitrogens with one attached hydrogen (secondary N) is 1. The quantitative estimate of drug-likeness (QED) is 0.625. The fourth-order valence-corrected chi connectivity index (χ4v) is 6.21. The van der Waals surface area contributed by atoms with E-state index in [1.54, 1.807) is 24.3 Å². The number of Topliss-reactive ketones (excluding diaryl/α,β-unsaturated/α-hetero) is 2. The van der Waals surface area contributed by atoms with Gasteiger partial charge in [0, 0.05) is 34.8 Å². The van der Waals surface area contributed by atoms with Crippen LogP contribution in [0.5, 0.6) is 0 Å². The highest BCUT2D eigenvalue weighted by molar-refractivity contribution is 6.34. The largest absolute Gasteiger partial charge is 0.324 e. The predicted octanol–water partition coefficient (Wildman–Crippen LogP) is 3.63. The number of rotatable bonds is 1. The maximum atomic E-state index is 14.2. The van der Waals surface area contributed by atoms with Crippen molar-refractivity contribution in [3.05, 3.63) is 101 Å². The van der Waals surface area contributed by atoms with E-state index in [1.165, 1.54) is 0 Å². The lowest BCUT2D eigenvalue weighted by Crippen LogP contribution is -2.60. The molecule has 0 radical (unpaired) electrons. The molecule has 5 nitrogen and oxygen atoms in total. The van der Waals surface area contributed by atoms with Crippen LogP contribution in [0.3, 0.4) is 0 Å². The van der Waals surface area contributed by atoms with Crippen LogP contribution in [-0.4, -0.2) is 36.0 Å². The molecule has 2 spiro atoms. The van der Waals surface area contributed by atoms with E-state index in [1.807, 2.05) is 66.5 Å². The van der Waals surface area contributed by atoms with Gasteiger partial charge in [-0.15, -0.1) is 0 Å². The molecule has 0 aromatic heterocycles. The zero-order valence-electron chi connectivity index (χ0n) is 17.0. The Hall–Kier alpha value is -3.57. The van der Waals surface area contributed by atoms with Crippen LogP contribution in [0.25, 0.3) is 0 Å². The number of carbonyl (C=O) groups excluding carboxylic acids is 3. The van der Waals surface area contributed by atoms with E-state index in [0.29, 0.717) is 28.9 Å². The van der Waals surface area contributed by atoms with E-state index in [-0.39, 0.29) is 17.5 Å². The summed E-state index contributed by atoms with van der Waals surface area (Å²) in [6.45, 7) is 0.414. The van der Waals surface area contributed by atoms with E-state index >= 15 is 0 Å². The Kier molecular flexibility index (Phi) is 3.52.